The zero-order chi connectivity index (χ0) is 29.2. The summed E-state index contributed by atoms with van der Waals surface area (Å²) >= 11 is 0. The van der Waals surface area contributed by atoms with Gasteiger partial charge in [-0.2, -0.15) is 0 Å². The standard InChI is InChI=1S/C31H35N5O6/c37-27-9-8-26(28(38)32-27)36-19-23-18-24(6-7-25(23)30(36)40)33-14-16-34(17-15-33)29(39)22-10-12-35(13-11-22)31(41)42-20-21-4-2-1-3-5-21/h1-7,18,22,26H,8-17,19-20H2,(H,32,37,38)/t26-/m0/s1. The fraction of sp³-hybridized carbons (Fsp3) is 0.452. The molecule has 5 amide bonds. The van der Waals surface area contributed by atoms with Crippen molar-refractivity contribution in [3.8, 4) is 0 Å². The molecule has 220 valence electrons. The number of ether oxygens (including phenoxy) is 1. The summed E-state index contributed by atoms with van der Waals surface area (Å²) in [5, 5.41) is 2.34. The lowest BCUT2D eigenvalue weighted by Crippen LogP contribution is -2.52. The van der Waals surface area contributed by atoms with E-state index in [1.54, 1.807) is 9.80 Å². The Morgan fingerprint density at radius 1 is 0.857 bits per heavy atom. The maximum atomic E-state index is 13.3. The highest BCUT2D eigenvalue weighted by Crippen LogP contribution is 2.31. The molecule has 3 fully saturated rings. The first-order valence-electron chi connectivity index (χ1n) is 14.6. The van der Waals surface area contributed by atoms with Crippen molar-refractivity contribution in [2.24, 2.45) is 5.92 Å². The van der Waals surface area contributed by atoms with E-state index in [-0.39, 0.29) is 42.8 Å². The lowest BCUT2D eigenvalue weighted by Gasteiger charge is -2.39. The zero-order valence-electron chi connectivity index (χ0n) is 23.5. The van der Waals surface area contributed by atoms with Gasteiger partial charge in [-0.05, 0) is 48.6 Å². The van der Waals surface area contributed by atoms with E-state index in [9.17, 15) is 24.0 Å². The molecule has 4 aliphatic heterocycles. The smallest absolute Gasteiger partial charge is 0.410 e. The lowest BCUT2D eigenvalue weighted by molar-refractivity contribution is -0.138. The molecule has 42 heavy (non-hydrogen) atoms. The minimum Gasteiger partial charge on any atom is -0.445 e. The van der Waals surface area contributed by atoms with Gasteiger partial charge in [-0.3, -0.25) is 24.5 Å². The van der Waals surface area contributed by atoms with Gasteiger partial charge in [0.1, 0.15) is 12.6 Å². The van der Waals surface area contributed by atoms with Crippen molar-refractivity contribution in [1.29, 1.82) is 0 Å². The summed E-state index contributed by atoms with van der Waals surface area (Å²) < 4.78 is 5.45. The van der Waals surface area contributed by atoms with E-state index in [0.717, 1.165) is 16.8 Å². The molecule has 11 nitrogen and oxygen atoms in total. The summed E-state index contributed by atoms with van der Waals surface area (Å²) in [5.41, 5.74) is 3.39. The van der Waals surface area contributed by atoms with Crippen LogP contribution in [-0.2, 0) is 32.3 Å². The maximum absolute atomic E-state index is 13.3. The van der Waals surface area contributed by atoms with Crippen molar-refractivity contribution in [3.63, 3.8) is 0 Å². The molecule has 0 bridgehead atoms. The molecule has 2 aromatic carbocycles. The van der Waals surface area contributed by atoms with Crippen LogP contribution in [0.4, 0.5) is 10.5 Å². The first kappa shape index (κ1) is 27.7. The highest BCUT2D eigenvalue weighted by atomic mass is 16.6. The van der Waals surface area contributed by atoms with Gasteiger partial charge in [0.15, 0.2) is 0 Å². The molecule has 1 N–H and O–H groups in total. The number of amides is 5. The molecule has 0 radical (unpaired) electrons. The number of hydrogen-bond donors (Lipinski definition) is 1. The van der Waals surface area contributed by atoms with Crippen LogP contribution in [0.2, 0.25) is 0 Å². The van der Waals surface area contributed by atoms with E-state index in [4.69, 9.17) is 4.74 Å². The third-order valence-electron chi connectivity index (χ3n) is 8.77. The van der Waals surface area contributed by atoms with Gasteiger partial charge in [-0.15, -0.1) is 0 Å². The number of carbonyl (C=O) groups excluding carboxylic acids is 5. The highest BCUT2D eigenvalue weighted by Gasteiger charge is 2.39. The molecule has 0 unspecified atom stereocenters. The number of rotatable bonds is 5. The van der Waals surface area contributed by atoms with Crippen molar-refractivity contribution < 1.29 is 28.7 Å². The van der Waals surface area contributed by atoms with Crippen LogP contribution in [0.5, 0.6) is 0 Å². The summed E-state index contributed by atoms with van der Waals surface area (Å²) in [6.45, 7) is 4.17. The monoisotopic (exact) mass is 573 g/mol. The fourth-order valence-electron chi connectivity index (χ4n) is 6.32. The molecule has 4 heterocycles. The number of imide groups is 1. The molecule has 6 rings (SSSR count). The minimum atomic E-state index is -0.632. The molecule has 3 saturated heterocycles. The molecule has 4 aliphatic rings. The van der Waals surface area contributed by atoms with Crippen molar-refractivity contribution in [2.45, 2.75) is 44.9 Å². The molecule has 2 aromatic rings. The summed E-state index contributed by atoms with van der Waals surface area (Å²) in [7, 11) is 0. The average molecular weight is 574 g/mol. The molecule has 1 atom stereocenters. The van der Waals surface area contributed by atoms with Gasteiger partial charge in [0.05, 0.1) is 0 Å². The van der Waals surface area contributed by atoms with Gasteiger partial charge < -0.3 is 24.3 Å². The molecule has 0 aromatic heterocycles. The van der Waals surface area contributed by atoms with Crippen molar-refractivity contribution in [3.05, 3.63) is 65.2 Å². The number of anilines is 1. The van der Waals surface area contributed by atoms with Gasteiger partial charge in [-0.1, -0.05) is 30.3 Å². The second-order valence-corrected chi connectivity index (χ2v) is 11.4. The third kappa shape index (κ3) is 5.68. The van der Waals surface area contributed by atoms with Crippen LogP contribution in [0.25, 0.3) is 0 Å². The Morgan fingerprint density at radius 3 is 2.31 bits per heavy atom. The molecule has 0 spiro atoms. The molecular weight excluding hydrogens is 538 g/mol. The van der Waals surface area contributed by atoms with Crippen LogP contribution in [-0.4, -0.2) is 89.7 Å². The van der Waals surface area contributed by atoms with Crippen LogP contribution in [0, 0.1) is 5.92 Å². The third-order valence-corrected chi connectivity index (χ3v) is 8.77. The predicted molar refractivity (Wildman–Crippen MR) is 152 cm³/mol. The molecular formula is C31H35N5O6. The fourth-order valence-corrected chi connectivity index (χ4v) is 6.32. The quantitative estimate of drug-likeness (QED) is 0.545. The van der Waals surface area contributed by atoms with Crippen LogP contribution in [0.3, 0.4) is 0 Å². The summed E-state index contributed by atoms with van der Waals surface area (Å²) in [6, 6.07) is 14.7. The van der Waals surface area contributed by atoms with E-state index in [2.05, 4.69) is 10.2 Å². The summed E-state index contributed by atoms with van der Waals surface area (Å²) in [6.07, 6.45) is 1.48. The lowest BCUT2D eigenvalue weighted by atomic mass is 9.95. The first-order chi connectivity index (χ1) is 20.4. The summed E-state index contributed by atoms with van der Waals surface area (Å²) in [5.74, 6) is -0.852. The predicted octanol–water partition coefficient (Wildman–Crippen LogP) is 2.14. The van der Waals surface area contributed by atoms with Gasteiger partial charge >= 0.3 is 6.09 Å². The van der Waals surface area contributed by atoms with Gasteiger partial charge in [-0.25, -0.2) is 4.79 Å². The van der Waals surface area contributed by atoms with Crippen LogP contribution >= 0.6 is 0 Å². The van der Waals surface area contributed by atoms with Crippen LogP contribution < -0.4 is 10.2 Å². The maximum Gasteiger partial charge on any atom is 0.410 e. The SMILES string of the molecule is O=C1CC[C@H](N2Cc3cc(N4CCN(C(=O)C5CCN(C(=O)OCc6ccccc6)CC5)CC4)ccc3C2=O)C(=O)N1. The van der Waals surface area contributed by atoms with Gasteiger partial charge in [0, 0.05) is 69.4 Å². The van der Waals surface area contributed by atoms with E-state index in [1.807, 2.05) is 53.4 Å². The average Bonchev–Trinajstić information content (AvgIpc) is 3.35. The number of piperidine rings is 2. The zero-order valence-corrected chi connectivity index (χ0v) is 23.5. The largest absolute Gasteiger partial charge is 0.445 e. The Morgan fingerprint density at radius 2 is 1.60 bits per heavy atom. The number of nitrogens with zero attached hydrogens (tertiary/aromatic N) is 4. The number of fused-ring (bicyclic) bond motifs is 1. The van der Waals surface area contributed by atoms with Crippen molar-refractivity contribution in [1.82, 2.24) is 20.0 Å². The Labute approximate surface area is 244 Å². The van der Waals surface area contributed by atoms with Crippen molar-refractivity contribution >= 4 is 35.4 Å². The van der Waals surface area contributed by atoms with E-state index < -0.39 is 11.9 Å². The second kappa shape index (κ2) is 11.8. The number of nitrogens with one attached hydrogen (secondary N) is 1. The Bertz CT molecular complexity index is 1380. The second-order valence-electron chi connectivity index (χ2n) is 11.4. The van der Waals surface area contributed by atoms with Crippen LogP contribution in [0.15, 0.2) is 48.5 Å². The van der Waals surface area contributed by atoms with E-state index in [1.165, 1.54) is 0 Å². The Balaban J connectivity index is 0.977. The number of carbonyl (C=O) groups is 5. The Kier molecular flexibility index (Phi) is 7.82. The number of piperazine rings is 1. The highest BCUT2D eigenvalue weighted by molar-refractivity contribution is 6.05. The Hall–Kier alpha value is -4.41. The summed E-state index contributed by atoms with van der Waals surface area (Å²) in [4.78, 5) is 70.0. The van der Waals surface area contributed by atoms with E-state index >= 15 is 0 Å². The first-order valence-corrected chi connectivity index (χ1v) is 14.6. The van der Waals surface area contributed by atoms with E-state index in [0.29, 0.717) is 70.6 Å². The number of benzene rings is 2. The van der Waals surface area contributed by atoms with Gasteiger partial charge in [0.25, 0.3) is 5.91 Å². The molecule has 0 aliphatic carbocycles. The number of hydrogen-bond acceptors (Lipinski definition) is 7. The van der Waals surface area contributed by atoms with Crippen molar-refractivity contribution in [2.75, 3.05) is 44.2 Å². The molecule has 11 heteroatoms. The normalized spacial score (nSPS) is 21.3. The number of likely N-dealkylation sites (tertiary alicyclic amines) is 1. The van der Waals surface area contributed by atoms with Crippen LogP contribution in [0.1, 0.15) is 47.2 Å². The molecule has 0 saturated carbocycles. The van der Waals surface area contributed by atoms with Gasteiger partial charge in [0.2, 0.25) is 17.7 Å². The minimum absolute atomic E-state index is 0.0982. The topological polar surface area (TPSA) is 120 Å².